The third kappa shape index (κ3) is 5.09. The molecule has 1 fully saturated rings. The van der Waals surface area contributed by atoms with E-state index in [1.165, 1.54) is 27.8 Å². The molecule has 0 amide bonds. The van der Waals surface area contributed by atoms with Crippen molar-refractivity contribution in [3.05, 3.63) is 118 Å². The van der Waals surface area contributed by atoms with Crippen LogP contribution in [0.2, 0.25) is 0 Å². The second-order valence-corrected chi connectivity index (χ2v) is 11.2. The standard InChI is InChI=1S/C34H38N4O2/c1-24-18-28(19-25(2)33(24)40-3)29-20-31(34-35-30(23-39)22-38(34)21-29)36-14-16-37(17-15-36)32(26-10-6-4-7-11-26)27-12-8-5-9-13-27/h4-13,18-19,22-23,29,31-32H,14-17,20-21H2,1-3H3. The number of methoxy groups -OCH3 is 1. The molecule has 40 heavy (non-hydrogen) atoms. The SMILES string of the molecule is COc1c(C)cc(C2CC(N3CCN(C(c4ccccc4)c4ccccc4)CC3)c3nc(C=O)cn3C2)cc1C. The maximum absolute atomic E-state index is 11.7. The van der Waals surface area contributed by atoms with Crippen LogP contribution >= 0.6 is 0 Å². The van der Waals surface area contributed by atoms with Crippen molar-refractivity contribution in [3.8, 4) is 5.75 Å². The number of ether oxygens (including phenoxy) is 1. The molecule has 6 rings (SSSR count). The quantitative estimate of drug-likeness (QED) is 0.274. The molecular weight excluding hydrogens is 496 g/mol. The molecule has 2 atom stereocenters. The van der Waals surface area contributed by atoms with Gasteiger partial charge in [0.15, 0.2) is 6.29 Å². The third-order valence-electron chi connectivity index (χ3n) is 8.71. The molecule has 0 aliphatic carbocycles. The van der Waals surface area contributed by atoms with E-state index in [9.17, 15) is 4.79 Å². The molecule has 206 valence electrons. The normalized spacial score (nSPS) is 19.9. The number of hydrogen-bond donors (Lipinski definition) is 0. The van der Waals surface area contributed by atoms with Crippen molar-refractivity contribution in [2.24, 2.45) is 0 Å². The topological polar surface area (TPSA) is 50.6 Å². The van der Waals surface area contributed by atoms with Crippen molar-refractivity contribution >= 4 is 6.29 Å². The van der Waals surface area contributed by atoms with Gasteiger partial charge in [-0.05, 0) is 48.1 Å². The van der Waals surface area contributed by atoms with E-state index in [0.717, 1.165) is 57.0 Å². The largest absolute Gasteiger partial charge is 0.496 e. The summed E-state index contributed by atoms with van der Waals surface area (Å²) in [6, 6.07) is 26.6. The summed E-state index contributed by atoms with van der Waals surface area (Å²) in [5.74, 6) is 2.33. The lowest BCUT2D eigenvalue weighted by atomic mass is 9.86. The number of carbonyl (C=O) groups is 1. The lowest BCUT2D eigenvalue weighted by Gasteiger charge is -2.44. The number of aldehydes is 1. The van der Waals surface area contributed by atoms with Gasteiger partial charge in [-0.2, -0.15) is 0 Å². The molecule has 0 saturated carbocycles. The van der Waals surface area contributed by atoms with Crippen LogP contribution in [0.25, 0.3) is 0 Å². The average Bonchev–Trinajstić information content (AvgIpc) is 3.42. The average molecular weight is 535 g/mol. The Labute approximate surface area is 237 Å². The van der Waals surface area contributed by atoms with Crippen molar-refractivity contribution in [2.45, 2.75) is 44.8 Å². The van der Waals surface area contributed by atoms with Crippen LogP contribution in [0, 0.1) is 13.8 Å². The highest BCUT2D eigenvalue weighted by atomic mass is 16.5. The van der Waals surface area contributed by atoms with Gasteiger partial charge < -0.3 is 9.30 Å². The van der Waals surface area contributed by atoms with Crippen LogP contribution in [0.5, 0.6) is 5.75 Å². The Bertz CT molecular complexity index is 1400. The minimum Gasteiger partial charge on any atom is -0.496 e. The first-order valence-corrected chi connectivity index (χ1v) is 14.3. The van der Waals surface area contributed by atoms with E-state index in [0.29, 0.717) is 11.6 Å². The Kier molecular flexibility index (Phi) is 7.55. The van der Waals surface area contributed by atoms with E-state index in [2.05, 4.69) is 101 Å². The predicted molar refractivity (Wildman–Crippen MR) is 158 cm³/mol. The molecule has 3 heterocycles. The van der Waals surface area contributed by atoms with Crippen LogP contribution in [-0.2, 0) is 6.54 Å². The molecule has 6 nitrogen and oxygen atoms in total. The zero-order valence-corrected chi connectivity index (χ0v) is 23.7. The fourth-order valence-electron chi connectivity index (χ4n) is 6.89. The summed E-state index contributed by atoms with van der Waals surface area (Å²) in [5, 5.41) is 0. The summed E-state index contributed by atoms with van der Waals surface area (Å²) in [4.78, 5) is 21.7. The molecule has 6 heteroatoms. The fraction of sp³-hybridized carbons (Fsp3) is 0.353. The van der Waals surface area contributed by atoms with Crippen molar-refractivity contribution in [3.63, 3.8) is 0 Å². The molecular formula is C34H38N4O2. The van der Waals surface area contributed by atoms with Crippen LogP contribution in [0.3, 0.4) is 0 Å². The number of piperazine rings is 1. The van der Waals surface area contributed by atoms with Gasteiger partial charge >= 0.3 is 0 Å². The molecule has 0 N–H and O–H groups in total. The van der Waals surface area contributed by atoms with Gasteiger partial charge in [-0.1, -0.05) is 72.8 Å². The van der Waals surface area contributed by atoms with Crippen LogP contribution < -0.4 is 4.74 Å². The summed E-state index contributed by atoms with van der Waals surface area (Å²) in [5.41, 5.74) is 6.85. The monoisotopic (exact) mass is 534 g/mol. The second kappa shape index (κ2) is 11.4. The van der Waals surface area contributed by atoms with Gasteiger partial charge in [0, 0.05) is 44.8 Å². The summed E-state index contributed by atoms with van der Waals surface area (Å²) in [7, 11) is 1.74. The Morgan fingerprint density at radius 1 is 0.900 bits per heavy atom. The number of carbonyl (C=O) groups excluding carboxylic acids is 1. The molecule has 1 aromatic heterocycles. The number of imidazole rings is 1. The predicted octanol–water partition coefficient (Wildman–Crippen LogP) is 5.96. The summed E-state index contributed by atoms with van der Waals surface area (Å²) in [6.45, 7) is 8.93. The number of aryl methyl sites for hydroxylation is 2. The highest BCUT2D eigenvalue weighted by Crippen LogP contribution is 2.41. The summed E-state index contributed by atoms with van der Waals surface area (Å²) in [6.07, 6.45) is 3.80. The van der Waals surface area contributed by atoms with E-state index in [4.69, 9.17) is 9.72 Å². The van der Waals surface area contributed by atoms with Gasteiger partial charge in [-0.15, -0.1) is 0 Å². The van der Waals surface area contributed by atoms with Crippen LogP contribution in [0.1, 0.15) is 68.6 Å². The summed E-state index contributed by atoms with van der Waals surface area (Å²) < 4.78 is 7.86. The fourth-order valence-corrected chi connectivity index (χ4v) is 6.89. The molecule has 2 aliphatic heterocycles. The molecule has 2 aliphatic rings. The van der Waals surface area contributed by atoms with Gasteiger partial charge in [0.25, 0.3) is 0 Å². The first-order valence-electron chi connectivity index (χ1n) is 14.3. The Balaban J connectivity index is 1.26. The molecule has 1 saturated heterocycles. The number of rotatable bonds is 7. The van der Waals surface area contributed by atoms with Gasteiger partial charge in [0.2, 0.25) is 0 Å². The highest BCUT2D eigenvalue weighted by Gasteiger charge is 2.36. The van der Waals surface area contributed by atoms with Crippen LogP contribution in [-0.4, -0.2) is 58.9 Å². The van der Waals surface area contributed by atoms with Crippen LogP contribution in [0.4, 0.5) is 0 Å². The van der Waals surface area contributed by atoms with E-state index in [-0.39, 0.29) is 12.1 Å². The van der Waals surface area contributed by atoms with E-state index < -0.39 is 0 Å². The molecule has 3 aromatic carbocycles. The number of nitrogens with zero attached hydrogens (tertiary/aromatic N) is 4. The number of fused-ring (bicyclic) bond motifs is 1. The Morgan fingerprint density at radius 3 is 2.05 bits per heavy atom. The minimum atomic E-state index is 0.171. The lowest BCUT2D eigenvalue weighted by Crippen LogP contribution is -2.50. The zero-order valence-electron chi connectivity index (χ0n) is 23.7. The Morgan fingerprint density at radius 2 is 1.50 bits per heavy atom. The van der Waals surface area contributed by atoms with Gasteiger partial charge in [-0.25, -0.2) is 4.98 Å². The first kappa shape index (κ1) is 26.5. The van der Waals surface area contributed by atoms with Gasteiger partial charge in [0.1, 0.15) is 17.3 Å². The van der Waals surface area contributed by atoms with E-state index in [1.54, 1.807) is 7.11 Å². The highest BCUT2D eigenvalue weighted by molar-refractivity contribution is 5.71. The van der Waals surface area contributed by atoms with Crippen LogP contribution in [0.15, 0.2) is 79.0 Å². The number of hydrogen-bond acceptors (Lipinski definition) is 5. The first-order chi connectivity index (χ1) is 19.6. The van der Waals surface area contributed by atoms with E-state index in [1.807, 2.05) is 6.20 Å². The third-order valence-corrected chi connectivity index (χ3v) is 8.71. The summed E-state index contributed by atoms with van der Waals surface area (Å²) >= 11 is 0. The zero-order chi connectivity index (χ0) is 27.6. The maximum Gasteiger partial charge on any atom is 0.170 e. The number of benzene rings is 3. The van der Waals surface area contributed by atoms with Crippen molar-refractivity contribution in [1.29, 1.82) is 0 Å². The lowest BCUT2D eigenvalue weighted by molar-refractivity contribution is 0.0616. The molecule has 0 bridgehead atoms. The molecule has 0 spiro atoms. The van der Waals surface area contributed by atoms with Crippen molar-refractivity contribution < 1.29 is 9.53 Å². The Hall–Kier alpha value is -3.74. The van der Waals surface area contributed by atoms with E-state index >= 15 is 0 Å². The second-order valence-electron chi connectivity index (χ2n) is 11.2. The van der Waals surface area contributed by atoms with Crippen molar-refractivity contribution in [1.82, 2.24) is 19.4 Å². The van der Waals surface area contributed by atoms with Gasteiger partial charge in [-0.3, -0.25) is 14.6 Å². The molecule has 4 aromatic rings. The maximum atomic E-state index is 11.7. The smallest absolute Gasteiger partial charge is 0.170 e. The minimum absolute atomic E-state index is 0.171. The number of aromatic nitrogens is 2. The molecule has 2 unspecified atom stereocenters. The van der Waals surface area contributed by atoms with Gasteiger partial charge in [0.05, 0.1) is 19.2 Å². The van der Waals surface area contributed by atoms with Crippen molar-refractivity contribution in [2.75, 3.05) is 33.3 Å². The molecule has 0 radical (unpaired) electrons.